The SMILES string of the molecule is COC(=O)C1CN(c2ccc(C(C)=O)cc2F)CCO1. The van der Waals surface area contributed by atoms with E-state index >= 15 is 0 Å². The van der Waals surface area contributed by atoms with E-state index in [0.717, 1.165) is 0 Å². The average molecular weight is 281 g/mol. The van der Waals surface area contributed by atoms with E-state index in [1.165, 1.54) is 20.1 Å². The predicted molar refractivity (Wildman–Crippen MR) is 70.4 cm³/mol. The van der Waals surface area contributed by atoms with Crippen LogP contribution in [0.15, 0.2) is 18.2 Å². The minimum absolute atomic E-state index is 0.190. The highest BCUT2D eigenvalue weighted by Crippen LogP contribution is 2.23. The van der Waals surface area contributed by atoms with Gasteiger partial charge >= 0.3 is 5.97 Å². The van der Waals surface area contributed by atoms with Crippen molar-refractivity contribution >= 4 is 17.4 Å². The standard InChI is InChI=1S/C14H16FNO4/c1-9(17)10-3-4-12(11(15)7-10)16-5-6-20-13(8-16)14(18)19-2/h3-4,7,13H,5-6,8H2,1-2H3. The van der Waals surface area contributed by atoms with Crippen LogP contribution in [0.1, 0.15) is 17.3 Å². The molecule has 1 aliphatic rings. The molecule has 1 aromatic rings. The van der Waals surface area contributed by atoms with E-state index in [2.05, 4.69) is 4.74 Å². The number of anilines is 1. The largest absolute Gasteiger partial charge is 0.467 e. The van der Waals surface area contributed by atoms with E-state index in [0.29, 0.717) is 24.4 Å². The Balaban J connectivity index is 2.19. The monoisotopic (exact) mass is 281 g/mol. The highest BCUT2D eigenvalue weighted by Gasteiger charge is 2.28. The van der Waals surface area contributed by atoms with Crippen LogP contribution in [0.25, 0.3) is 0 Å². The van der Waals surface area contributed by atoms with Crippen LogP contribution in [0, 0.1) is 5.82 Å². The van der Waals surface area contributed by atoms with Gasteiger partial charge in [0.05, 0.1) is 25.9 Å². The van der Waals surface area contributed by atoms with Crippen LogP contribution in [-0.2, 0) is 14.3 Å². The maximum absolute atomic E-state index is 14.1. The van der Waals surface area contributed by atoms with Crippen molar-refractivity contribution in [3.8, 4) is 0 Å². The number of Topliss-reactive ketones (excluding diaryl/α,β-unsaturated/α-hetero) is 1. The molecule has 1 aromatic carbocycles. The summed E-state index contributed by atoms with van der Waals surface area (Å²) in [5.74, 6) is -1.15. The van der Waals surface area contributed by atoms with Gasteiger partial charge < -0.3 is 14.4 Å². The first-order valence-corrected chi connectivity index (χ1v) is 6.27. The topological polar surface area (TPSA) is 55.8 Å². The zero-order valence-electron chi connectivity index (χ0n) is 11.4. The van der Waals surface area contributed by atoms with Crippen LogP contribution < -0.4 is 4.90 Å². The van der Waals surface area contributed by atoms with Crippen molar-refractivity contribution in [1.29, 1.82) is 0 Å². The number of nitrogens with zero attached hydrogens (tertiary/aromatic N) is 1. The lowest BCUT2D eigenvalue weighted by atomic mass is 10.1. The molecule has 0 radical (unpaired) electrons. The van der Waals surface area contributed by atoms with Gasteiger partial charge in [-0.05, 0) is 25.1 Å². The number of ketones is 1. The Morgan fingerprint density at radius 3 is 2.80 bits per heavy atom. The molecule has 1 heterocycles. The Kier molecular flexibility index (Phi) is 4.34. The zero-order valence-corrected chi connectivity index (χ0v) is 11.4. The summed E-state index contributed by atoms with van der Waals surface area (Å²) in [6, 6.07) is 4.33. The lowest BCUT2D eigenvalue weighted by Crippen LogP contribution is -2.46. The number of carbonyl (C=O) groups is 2. The summed E-state index contributed by atoms with van der Waals surface area (Å²) >= 11 is 0. The fourth-order valence-electron chi connectivity index (χ4n) is 2.12. The van der Waals surface area contributed by atoms with E-state index in [1.807, 2.05) is 0 Å². The average Bonchev–Trinajstić information content (AvgIpc) is 2.46. The third kappa shape index (κ3) is 2.96. The van der Waals surface area contributed by atoms with Gasteiger partial charge in [-0.25, -0.2) is 9.18 Å². The van der Waals surface area contributed by atoms with Crippen molar-refractivity contribution in [3.05, 3.63) is 29.6 Å². The Morgan fingerprint density at radius 1 is 1.45 bits per heavy atom. The third-order valence-electron chi connectivity index (χ3n) is 3.23. The molecule has 0 N–H and O–H groups in total. The maximum Gasteiger partial charge on any atom is 0.336 e. The summed E-state index contributed by atoms with van der Waals surface area (Å²) in [5.41, 5.74) is 0.677. The molecule has 1 atom stereocenters. The van der Waals surface area contributed by atoms with E-state index < -0.39 is 17.9 Å². The minimum atomic E-state index is -0.722. The molecule has 0 amide bonds. The molecule has 0 spiro atoms. The molecule has 1 fully saturated rings. The molecule has 1 aliphatic heterocycles. The molecule has 0 bridgehead atoms. The van der Waals surface area contributed by atoms with Crippen LogP contribution in [0.3, 0.4) is 0 Å². The number of halogens is 1. The van der Waals surface area contributed by atoms with Crippen LogP contribution >= 0.6 is 0 Å². The van der Waals surface area contributed by atoms with Crippen molar-refractivity contribution in [2.24, 2.45) is 0 Å². The molecule has 2 rings (SSSR count). The molecule has 0 aliphatic carbocycles. The van der Waals surface area contributed by atoms with Crippen molar-refractivity contribution in [1.82, 2.24) is 0 Å². The van der Waals surface area contributed by atoms with Gasteiger partial charge in [-0.15, -0.1) is 0 Å². The third-order valence-corrected chi connectivity index (χ3v) is 3.23. The van der Waals surface area contributed by atoms with Crippen molar-refractivity contribution in [2.75, 3.05) is 31.7 Å². The second kappa shape index (κ2) is 6.00. The number of benzene rings is 1. The first-order chi connectivity index (χ1) is 9.52. The van der Waals surface area contributed by atoms with E-state index in [4.69, 9.17) is 4.74 Å². The lowest BCUT2D eigenvalue weighted by molar-refractivity contribution is -0.154. The second-order valence-electron chi connectivity index (χ2n) is 4.55. The van der Waals surface area contributed by atoms with Gasteiger partial charge in [-0.2, -0.15) is 0 Å². The number of esters is 1. The number of ether oxygens (including phenoxy) is 2. The van der Waals surface area contributed by atoms with Gasteiger partial charge in [-0.3, -0.25) is 4.79 Å². The lowest BCUT2D eigenvalue weighted by Gasteiger charge is -2.33. The molecular formula is C14H16FNO4. The maximum atomic E-state index is 14.1. The van der Waals surface area contributed by atoms with Crippen LogP contribution in [0.4, 0.5) is 10.1 Å². The van der Waals surface area contributed by atoms with Gasteiger partial charge in [0.1, 0.15) is 5.82 Å². The number of carbonyl (C=O) groups excluding carboxylic acids is 2. The van der Waals surface area contributed by atoms with E-state index in [1.54, 1.807) is 17.0 Å². The Morgan fingerprint density at radius 2 is 2.20 bits per heavy atom. The fourth-order valence-corrected chi connectivity index (χ4v) is 2.12. The van der Waals surface area contributed by atoms with Crippen LogP contribution in [0.5, 0.6) is 0 Å². The van der Waals surface area contributed by atoms with Crippen molar-refractivity contribution < 1.29 is 23.5 Å². The summed E-state index contributed by atoms with van der Waals surface area (Å²) in [6.45, 7) is 2.40. The van der Waals surface area contributed by atoms with Gasteiger partial charge in [0.25, 0.3) is 0 Å². The molecular weight excluding hydrogens is 265 g/mol. The molecule has 108 valence electrons. The summed E-state index contributed by atoms with van der Waals surface area (Å²) < 4.78 is 24.0. The molecule has 0 saturated carbocycles. The molecule has 1 unspecified atom stereocenters. The zero-order chi connectivity index (χ0) is 14.7. The number of hydrogen-bond donors (Lipinski definition) is 0. The molecule has 0 aromatic heterocycles. The van der Waals surface area contributed by atoms with Crippen molar-refractivity contribution in [2.45, 2.75) is 13.0 Å². The fraction of sp³-hybridized carbons (Fsp3) is 0.429. The van der Waals surface area contributed by atoms with Gasteiger partial charge in [-0.1, -0.05) is 0 Å². The van der Waals surface area contributed by atoms with Gasteiger partial charge in [0.2, 0.25) is 0 Å². The second-order valence-corrected chi connectivity index (χ2v) is 4.55. The quantitative estimate of drug-likeness (QED) is 0.619. The number of rotatable bonds is 3. The van der Waals surface area contributed by atoms with E-state index in [9.17, 15) is 14.0 Å². The van der Waals surface area contributed by atoms with Crippen LogP contribution in [-0.4, -0.2) is 44.7 Å². The summed E-state index contributed by atoms with van der Waals surface area (Å²) in [7, 11) is 1.28. The highest BCUT2D eigenvalue weighted by atomic mass is 19.1. The number of morpholine rings is 1. The summed E-state index contributed by atoms with van der Waals surface area (Å²) in [6.07, 6.45) is -0.722. The first kappa shape index (κ1) is 14.5. The van der Waals surface area contributed by atoms with Crippen molar-refractivity contribution in [3.63, 3.8) is 0 Å². The molecule has 20 heavy (non-hydrogen) atoms. The Labute approximate surface area is 116 Å². The molecule has 6 heteroatoms. The smallest absolute Gasteiger partial charge is 0.336 e. The number of methoxy groups -OCH3 is 1. The Hall–Kier alpha value is -1.95. The minimum Gasteiger partial charge on any atom is -0.467 e. The van der Waals surface area contributed by atoms with Gasteiger partial charge in [0.15, 0.2) is 11.9 Å². The molecule has 1 saturated heterocycles. The first-order valence-electron chi connectivity index (χ1n) is 6.27. The predicted octanol–water partition coefficient (Wildman–Crippen LogP) is 1.41. The normalized spacial score (nSPS) is 18.8. The summed E-state index contributed by atoms with van der Waals surface area (Å²) in [5, 5.41) is 0. The van der Waals surface area contributed by atoms with Gasteiger partial charge in [0, 0.05) is 12.1 Å². The highest BCUT2D eigenvalue weighted by molar-refractivity contribution is 5.94. The Bertz CT molecular complexity index is 532. The molecule has 5 nitrogen and oxygen atoms in total. The summed E-state index contributed by atoms with van der Waals surface area (Å²) in [4.78, 5) is 24.4. The van der Waals surface area contributed by atoms with E-state index in [-0.39, 0.29) is 12.3 Å². The van der Waals surface area contributed by atoms with Crippen LogP contribution in [0.2, 0.25) is 0 Å². The number of hydrogen-bond acceptors (Lipinski definition) is 5.